The lowest BCUT2D eigenvalue weighted by atomic mass is 10.1. The Balaban J connectivity index is 1.47. The van der Waals surface area contributed by atoms with Crippen LogP contribution in [0.25, 0.3) is 0 Å². The second-order valence-corrected chi connectivity index (χ2v) is 6.70. The van der Waals surface area contributed by atoms with Crippen LogP contribution < -0.4 is 5.32 Å². The van der Waals surface area contributed by atoms with Gasteiger partial charge in [0.1, 0.15) is 0 Å². The lowest BCUT2D eigenvalue weighted by Gasteiger charge is -2.18. The first-order chi connectivity index (χ1) is 10.0. The molecule has 0 radical (unpaired) electrons. The van der Waals surface area contributed by atoms with E-state index in [2.05, 4.69) is 5.32 Å². The number of carbonyl (C=O) groups is 3. The number of nitrogens with one attached hydrogen (secondary N) is 1. The molecule has 0 aromatic heterocycles. The van der Waals surface area contributed by atoms with E-state index < -0.39 is 5.97 Å². The third-order valence-corrected chi connectivity index (χ3v) is 4.89. The summed E-state index contributed by atoms with van der Waals surface area (Å²) >= 11 is 0. The Morgan fingerprint density at radius 2 is 1.95 bits per heavy atom. The van der Waals surface area contributed by atoms with Crippen molar-refractivity contribution in [3.05, 3.63) is 0 Å². The monoisotopic (exact) mass is 294 g/mol. The number of carboxylic acids is 1. The molecule has 6 heteroatoms. The van der Waals surface area contributed by atoms with E-state index in [0.29, 0.717) is 31.7 Å². The van der Waals surface area contributed by atoms with Crippen LogP contribution in [0.15, 0.2) is 0 Å². The summed E-state index contributed by atoms with van der Waals surface area (Å²) in [6.07, 6.45) is 4.53. The van der Waals surface area contributed by atoms with E-state index in [1.807, 2.05) is 4.90 Å². The van der Waals surface area contributed by atoms with Gasteiger partial charge >= 0.3 is 5.97 Å². The van der Waals surface area contributed by atoms with Crippen molar-refractivity contribution in [2.45, 2.75) is 44.6 Å². The number of carboxylic acid groups (broad SMARTS) is 1. The number of hydrogen-bond acceptors (Lipinski definition) is 3. The largest absolute Gasteiger partial charge is 0.481 e. The highest BCUT2D eigenvalue weighted by Gasteiger charge is 2.38. The van der Waals surface area contributed by atoms with Gasteiger partial charge < -0.3 is 15.3 Å². The second kappa shape index (κ2) is 5.66. The predicted octanol–water partition coefficient (Wildman–Crippen LogP) is 0.614. The Kier molecular flexibility index (Phi) is 3.87. The third-order valence-electron chi connectivity index (χ3n) is 4.89. The Hall–Kier alpha value is -1.59. The summed E-state index contributed by atoms with van der Waals surface area (Å²) in [6.45, 7) is 1.32. The van der Waals surface area contributed by atoms with E-state index in [1.165, 1.54) is 12.8 Å². The first-order valence-electron chi connectivity index (χ1n) is 7.84. The van der Waals surface area contributed by atoms with Gasteiger partial charge in [-0.15, -0.1) is 0 Å². The van der Waals surface area contributed by atoms with Crippen molar-refractivity contribution in [3.63, 3.8) is 0 Å². The minimum Gasteiger partial charge on any atom is -0.481 e. The summed E-state index contributed by atoms with van der Waals surface area (Å²) in [5, 5.41) is 11.9. The molecule has 2 aliphatic carbocycles. The summed E-state index contributed by atoms with van der Waals surface area (Å²) in [6, 6.07) is -0.0498. The van der Waals surface area contributed by atoms with Crippen molar-refractivity contribution >= 4 is 17.8 Å². The van der Waals surface area contributed by atoms with Crippen LogP contribution in [0.5, 0.6) is 0 Å². The quantitative estimate of drug-likeness (QED) is 0.778. The highest BCUT2D eigenvalue weighted by Crippen LogP contribution is 2.32. The molecule has 2 amide bonds. The molecule has 0 bridgehead atoms. The van der Waals surface area contributed by atoms with Gasteiger partial charge in [0.15, 0.2) is 0 Å². The fraction of sp³-hybridized carbons (Fsp3) is 0.800. The van der Waals surface area contributed by atoms with Gasteiger partial charge in [-0.3, -0.25) is 14.4 Å². The first-order valence-corrected chi connectivity index (χ1v) is 7.84. The van der Waals surface area contributed by atoms with Crippen molar-refractivity contribution in [2.24, 2.45) is 17.8 Å². The molecular weight excluding hydrogens is 272 g/mol. The van der Waals surface area contributed by atoms with Gasteiger partial charge in [0.25, 0.3) is 0 Å². The van der Waals surface area contributed by atoms with Crippen LogP contribution in [0.3, 0.4) is 0 Å². The molecule has 0 aromatic rings. The van der Waals surface area contributed by atoms with Crippen molar-refractivity contribution in [2.75, 3.05) is 13.1 Å². The fourth-order valence-corrected chi connectivity index (χ4v) is 3.39. The van der Waals surface area contributed by atoms with Crippen molar-refractivity contribution < 1.29 is 19.5 Å². The standard InChI is InChI=1S/C15H22N2O4/c18-13-6-11(8-17(13)7-9-1-2-9)14(19)16-12-4-3-10(5-12)15(20)21/h9-12H,1-8H2,(H,16,19)(H,20,21). The molecule has 3 unspecified atom stereocenters. The minimum atomic E-state index is -0.779. The zero-order valence-electron chi connectivity index (χ0n) is 12.1. The highest BCUT2D eigenvalue weighted by molar-refractivity contribution is 5.89. The number of likely N-dealkylation sites (tertiary alicyclic amines) is 1. The molecule has 3 atom stereocenters. The van der Waals surface area contributed by atoms with Gasteiger partial charge in [-0.1, -0.05) is 0 Å². The van der Waals surface area contributed by atoms with Crippen LogP contribution in [0.1, 0.15) is 38.5 Å². The van der Waals surface area contributed by atoms with E-state index in [4.69, 9.17) is 5.11 Å². The summed E-state index contributed by atoms with van der Waals surface area (Å²) < 4.78 is 0. The molecule has 1 aliphatic heterocycles. The minimum absolute atomic E-state index is 0.0498. The second-order valence-electron chi connectivity index (χ2n) is 6.70. The third kappa shape index (κ3) is 3.36. The SMILES string of the molecule is O=C(O)C1CCC(NC(=O)C2CC(=O)N(CC3CC3)C2)C1. The molecule has 0 spiro atoms. The van der Waals surface area contributed by atoms with E-state index in [-0.39, 0.29) is 29.7 Å². The van der Waals surface area contributed by atoms with Crippen molar-refractivity contribution in [3.8, 4) is 0 Å². The zero-order chi connectivity index (χ0) is 15.0. The Morgan fingerprint density at radius 1 is 1.19 bits per heavy atom. The van der Waals surface area contributed by atoms with Gasteiger partial charge in [-0.2, -0.15) is 0 Å². The average Bonchev–Trinajstić information content (AvgIpc) is 2.98. The lowest BCUT2D eigenvalue weighted by molar-refractivity contribution is -0.141. The molecule has 6 nitrogen and oxygen atoms in total. The first kappa shape index (κ1) is 14.4. The highest BCUT2D eigenvalue weighted by atomic mass is 16.4. The van der Waals surface area contributed by atoms with Crippen LogP contribution >= 0.6 is 0 Å². The van der Waals surface area contributed by atoms with Gasteiger partial charge in [-0.05, 0) is 38.0 Å². The van der Waals surface area contributed by atoms with Gasteiger partial charge in [0, 0.05) is 25.6 Å². The van der Waals surface area contributed by atoms with E-state index in [1.54, 1.807) is 0 Å². The summed E-state index contributed by atoms with van der Waals surface area (Å²) in [7, 11) is 0. The molecule has 2 N–H and O–H groups in total. The maximum absolute atomic E-state index is 12.2. The van der Waals surface area contributed by atoms with Crippen molar-refractivity contribution in [1.82, 2.24) is 10.2 Å². The normalized spacial score (nSPS) is 32.5. The smallest absolute Gasteiger partial charge is 0.306 e. The van der Waals surface area contributed by atoms with E-state index >= 15 is 0 Å². The van der Waals surface area contributed by atoms with Crippen LogP contribution in [0.2, 0.25) is 0 Å². The molecule has 3 fully saturated rings. The van der Waals surface area contributed by atoms with Gasteiger partial charge in [-0.25, -0.2) is 0 Å². The molecular formula is C15H22N2O4. The summed E-state index contributed by atoms with van der Waals surface area (Å²) in [5.74, 6) is -0.748. The maximum atomic E-state index is 12.2. The Morgan fingerprint density at radius 3 is 2.57 bits per heavy atom. The molecule has 3 aliphatic rings. The molecule has 3 rings (SSSR count). The predicted molar refractivity (Wildman–Crippen MR) is 74.3 cm³/mol. The summed E-state index contributed by atoms with van der Waals surface area (Å²) in [5.41, 5.74) is 0. The molecule has 0 aromatic carbocycles. The molecule has 1 heterocycles. The van der Waals surface area contributed by atoms with E-state index in [0.717, 1.165) is 13.0 Å². The summed E-state index contributed by atoms with van der Waals surface area (Å²) in [4.78, 5) is 36.9. The van der Waals surface area contributed by atoms with Crippen LogP contribution in [-0.2, 0) is 14.4 Å². The van der Waals surface area contributed by atoms with Crippen LogP contribution in [0.4, 0.5) is 0 Å². The maximum Gasteiger partial charge on any atom is 0.306 e. The Bertz CT molecular complexity index is 461. The molecule has 2 saturated carbocycles. The van der Waals surface area contributed by atoms with Crippen LogP contribution in [-0.4, -0.2) is 46.9 Å². The number of hydrogen-bond donors (Lipinski definition) is 2. The number of carbonyl (C=O) groups excluding carboxylic acids is 2. The average molecular weight is 294 g/mol. The molecule has 1 saturated heterocycles. The van der Waals surface area contributed by atoms with Crippen LogP contribution in [0, 0.1) is 17.8 Å². The Labute approximate surface area is 123 Å². The van der Waals surface area contributed by atoms with Gasteiger partial charge in [0.05, 0.1) is 11.8 Å². The topological polar surface area (TPSA) is 86.7 Å². The number of amides is 2. The fourth-order valence-electron chi connectivity index (χ4n) is 3.39. The zero-order valence-corrected chi connectivity index (χ0v) is 12.1. The van der Waals surface area contributed by atoms with Gasteiger partial charge in [0.2, 0.25) is 11.8 Å². The number of rotatable bonds is 5. The lowest BCUT2D eigenvalue weighted by Crippen LogP contribution is -2.39. The number of nitrogens with zero attached hydrogens (tertiary/aromatic N) is 1. The van der Waals surface area contributed by atoms with Crippen molar-refractivity contribution in [1.29, 1.82) is 0 Å². The molecule has 116 valence electrons. The van der Waals surface area contributed by atoms with E-state index in [9.17, 15) is 14.4 Å². The number of aliphatic carboxylic acids is 1. The molecule has 21 heavy (non-hydrogen) atoms.